The summed E-state index contributed by atoms with van der Waals surface area (Å²) in [6.45, 7) is 0. The summed E-state index contributed by atoms with van der Waals surface area (Å²) in [7, 11) is 0. The number of rotatable bonds is 7. The molecule has 1 saturated carbocycles. The summed E-state index contributed by atoms with van der Waals surface area (Å²) in [6, 6.07) is 17.3. The third-order valence-electron chi connectivity index (χ3n) is 8.09. The minimum absolute atomic E-state index is 0.0254. The highest BCUT2D eigenvalue weighted by Crippen LogP contribution is 2.35. The van der Waals surface area contributed by atoms with Gasteiger partial charge in [-0.1, -0.05) is 85.6 Å². The van der Waals surface area contributed by atoms with Crippen LogP contribution in [0.4, 0.5) is 0 Å². The molecule has 39 heavy (non-hydrogen) atoms. The lowest BCUT2D eigenvalue weighted by atomic mass is 9.84. The highest BCUT2D eigenvalue weighted by Gasteiger charge is 2.29. The molecule has 3 aromatic carbocycles. The average Bonchev–Trinajstić information content (AvgIpc) is 2.95. The number of carbonyl (C=O) groups excluding carboxylic acids is 2. The van der Waals surface area contributed by atoms with Crippen molar-refractivity contribution in [3.63, 3.8) is 0 Å². The highest BCUT2D eigenvalue weighted by atomic mass is 35.5. The van der Waals surface area contributed by atoms with Crippen LogP contribution in [0.1, 0.15) is 78.9 Å². The maximum absolute atomic E-state index is 13.7. The van der Waals surface area contributed by atoms with Crippen molar-refractivity contribution in [2.24, 2.45) is 5.92 Å². The number of benzene rings is 3. The van der Waals surface area contributed by atoms with Gasteiger partial charge in [-0.2, -0.15) is 0 Å². The molecule has 1 unspecified atom stereocenters. The van der Waals surface area contributed by atoms with Gasteiger partial charge in [0.05, 0.1) is 16.1 Å². The van der Waals surface area contributed by atoms with Gasteiger partial charge in [-0.3, -0.25) is 9.59 Å². The zero-order chi connectivity index (χ0) is 27.4. The molecule has 0 saturated heterocycles. The molecule has 0 radical (unpaired) electrons. The molecule has 0 bridgehead atoms. The van der Waals surface area contributed by atoms with Crippen LogP contribution >= 0.6 is 23.2 Å². The van der Waals surface area contributed by atoms with E-state index >= 15 is 0 Å². The van der Waals surface area contributed by atoms with Crippen LogP contribution in [-0.4, -0.2) is 23.0 Å². The van der Waals surface area contributed by atoms with Crippen LogP contribution in [0.3, 0.4) is 0 Å². The second-order valence-corrected chi connectivity index (χ2v) is 11.6. The number of phenols is 1. The first kappa shape index (κ1) is 27.5. The first-order valence-corrected chi connectivity index (χ1v) is 14.6. The Morgan fingerprint density at radius 2 is 1.69 bits per heavy atom. The van der Waals surface area contributed by atoms with Gasteiger partial charge in [0.2, 0.25) is 5.91 Å². The molecule has 2 aliphatic rings. The van der Waals surface area contributed by atoms with E-state index in [1.165, 1.54) is 23.6 Å². The zero-order valence-corrected chi connectivity index (χ0v) is 23.4. The number of phenolic OH excluding ortho intramolecular Hbond substituents is 1. The van der Waals surface area contributed by atoms with Gasteiger partial charge in [0.1, 0.15) is 11.8 Å². The van der Waals surface area contributed by atoms with E-state index in [0.29, 0.717) is 39.1 Å². The summed E-state index contributed by atoms with van der Waals surface area (Å²) < 4.78 is 0. The molecule has 0 aromatic heterocycles. The summed E-state index contributed by atoms with van der Waals surface area (Å²) in [5.41, 5.74) is 3.92. The number of amides is 2. The lowest BCUT2D eigenvalue weighted by Crippen LogP contribution is -2.49. The molecule has 2 aliphatic carbocycles. The fourth-order valence-electron chi connectivity index (χ4n) is 5.98. The van der Waals surface area contributed by atoms with Crippen LogP contribution in [-0.2, 0) is 11.2 Å². The maximum Gasteiger partial charge on any atom is 0.251 e. The molecule has 204 valence electrons. The Morgan fingerprint density at radius 1 is 0.897 bits per heavy atom. The van der Waals surface area contributed by atoms with Crippen LogP contribution in [0.15, 0.2) is 60.7 Å². The van der Waals surface area contributed by atoms with Gasteiger partial charge in [0.25, 0.3) is 5.91 Å². The molecule has 3 aromatic rings. The molecule has 5 rings (SSSR count). The number of halogens is 2. The topological polar surface area (TPSA) is 78.4 Å². The van der Waals surface area contributed by atoms with Gasteiger partial charge in [-0.15, -0.1) is 0 Å². The molecule has 0 spiro atoms. The maximum atomic E-state index is 13.7. The first-order chi connectivity index (χ1) is 18.9. The van der Waals surface area contributed by atoms with Crippen molar-refractivity contribution >= 4 is 35.0 Å². The predicted molar refractivity (Wildman–Crippen MR) is 156 cm³/mol. The van der Waals surface area contributed by atoms with Gasteiger partial charge in [0.15, 0.2) is 0 Å². The van der Waals surface area contributed by atoms with E-state index < -0.39 is 6.04 Å². The Hall–Kier alpha value is -3.02. The largest absolute Gasteiger partial charge is 0.507 e. The van der Waals surface area contributed by atoms with Crippen molar-refractivity contribution in [3.05, 3.63) is 87.4 Å². The number of hydrogen-bond acceptors (Lipinski definition) is 3. The molecule has 2 atom stereocenters. The van der Waals surface area contributed by atoms with Crippen molar-refractivity contribution in [1.82, 2.24) is 10.6 Å². The summed E-state index contributed by atoms with van der Waals surface area (Å²) in [6.07, 6.45) is 9.24. The monoisotopic (exact) mass is 564 g/mol. The normalized spacial score (nSPS) is 18.2. The summed E-state index contributed by atoms with van der Waals surface area (Å²) in [5.74, 6) is -0.0622. The van der Waals surface area contributed by atoms with Gasteiger partial charge in [0, 0.05) is 11.1 Å². The second kappa shape index (κ2) is 12.4. The van der Waals surface area contributed by atoms with Crippen molar-refractivity contribution in [2.75, 3.05) is 0 Å². The van der Waals surface area contributed by atoms with Crippen LogP contribution in [0, 0.1) is 5.92 Å². The third-order valence-corrected chi connectivity index (χ3v) is 8.83. The lowest BCUT2D eigenvalue weighted by molar-refractivity contribution is -0.124. The first-order valence-electron chi connectivity index (χ1n) is 13.9. The standard InChI is InChI=1S/C32H34Cl2N2O3/c33-26-15-13-22(19-27(26)34)25-18-23(14-16-30(25)37)31(38)36-29(17-20-7-2-1-3-8-20)32(39)35-28-12-6-10-21-9-4-5-11-24(21)28/h4-5,9,11,13-16,18-20,28-29,37H,1-3,6-8,10,12,17H2,(H,35,39)(H,36,38)/t28?,29-/m0/s1. The molecule has 3 N–H and O–H groups in total. The van der Waals surface area contributed by atoms with Crippen molar-refractivity contribution in [1.29, 1.82) is 0 Å². The number of hydrogen-bond donors (Lipinski definition) is 3. The number of fused-ring (bicyclic) bond motifs is 1. The quantitative estimate of drug-likeness (QED) is 0.276. The van der Waals surface area contributed by atoms with Crippen LogP contribution in [0.25, 0.3) is 11.1 Å². The Morgan fingerprint density at radius 3 is 2.49 bits per heavy atom. The Bertz CT molecular complexity index is 1350. The minimum Gasteiger partial charge on any atom is -0.507 e. The fourth-order valence-corrected chi connectivity index (χ4v) is 6.28. The van der Waals surface area contributed by atoms with E-state index in [2.05, 4.69) is 22.8 Å². The van der Waals surface area contributed by atoms with Gasteiger partial charge < -0.3 is 15.7 Å². The second-order valence-electron chi connectivity index (χ2n) is 10.8. The smallest absolute Gasteiger partial charge is 0.251 e. The number of aromatic hydroxyl groups is 1. The molecular formula is C32H34Cl2N2O3. The van der Waals surface area contributed by atoms with Gasteiger partial charge in [-0.05, 0) is 78.6 Å². The summed E-state index contributed by atoms with van der Waals surface area (Å²) in [5, 5.41) is 17.6. The van der Waals surface area contributed by atoms with E-state index in [1.807, 2.05) is 12.1 Å². The molecular weight excluding hydrogens is 531 g/mol. The average molecular weight is 566 g/mol. The van der Waals surface area contributed by atoms with Gasteiger partial charge in [-0.25, -0.2) is 0 Å². The molecule has 5 nitrogen and oxygen atoms in total. The van der Waals surface area contributed by atoms with E-state index in [9.17, 15) is 14.7 Å². The Labute approximate surface area is 239 Å². The van der Waals surface area contributed by atoms with Crippen molar-refractivity contribution < 1.29 is 14.7 Å². The molecule has 2 amide bonds. The molecule has 7 heteroatoms. The minimum atomic E-state index is -0.642. The Balaban J connectivity index is 1.36. The third kappa shape index (κ3) is 6.59. The zero-order valence-electron chi connectivity index (χ0n) is 21.9. The van der Waals surface area contributed by atoms with E-state index in [-0.39, 0.29) is 23.6 Å². The van der Waals surface area contributed by atoms with E-state index in [4.69, 9.17) is 23.2 Å². The fraction of sp³-hybridized carbons (Fsp3) is 0.375. The molecule has 0 heterocycles. The van der Waals surface area contributed by atoms with E-state index in [0.717, 1.165) is 44.9 Å². The molecule has 0 aliphatic heterocycles. The lowest BCUT2D eigenvalue weighted by Gasteiger charge is -2.30. The summed E-state index contributed by atoms with van der Waals surface area (Å²) >= 11 is 12.2. The predicted octanol–water partition coefficient (Wildman–Crippen LogP) is 7.63. The molecule has 1 fully saturated rings. The number of carbonyl (C=O) groups is 2. The summed E-state index contributed by atoms with van der Waals surface area (Å²) in [4.78, 5) is 27.2. The van der Waals surface area contributed by atoms with Crippen LogP contribution in [0.5, 0.6) is 5.75 Å². The van der Waals surface area contributed by atoms with Crippen LogP contribution < -0.4 is 10.6 Å². The van der Waals surface area contributed by atoms with Crippen molar-refractivity contribution in [2.45, 2.75) is 69.9 Å². The number of nitrogens with one attached hydrogen (secondary N) is 2. The Kier molecular flexibility index (Phi) is 8.79. The highest BCUT2D eigenvalue weighted by molar-refractivity contribution is 6.42. The SMILES string of the molecule is O=C(N[C@@H](CC1CCCCC1)C(=O)NC1CCCc2ccccc21)c1ccc(O)c(-c2ccc(Cl)c(Cl)c2)c1. The van der Waals surface area contributed by atoms with Crippen molar-refractivity contribution in [3.8, 4) is 16.9 Å². The van der Waals surface area contributed by atoms with Gasteiger partial charge >= 0.3 is 0 Å². The van der Waals surface area contributed by atoms with E-state index in [1.54, 1.807) is 30.3 Å². The van der Waals surface area contributed by atoms with Crippen LogP contribution in [0.2, 0.25) is 10.0 Å². The number of aryl methyl sites for hydroxylation is 1.